The molecule has 0 unspecified atom stereocenters. The molecule has 1 saturated heterocycles. The van der Waals surface area contributed by atoms with Crippen molar-refractivity contribution in [3.05, 3.63) is 101 Å². The molecule has 3 heterocycles. The summed E-state index contributed by atoms with van der Waals surface area (Å²) in [6.07, 6.45) is 2.84. The lowest BCUT2D eigenvalue weighted by Crippen LogP contribution is -2.46. The Kier molecular flexibility index (Phi) is 12.5. The molecule has 15 heteroatoms. The molecule has 1 amide bonds. The lowest BCUT2D eigenvalue weighted by atomic mass is 10.0. The predicted molar refractivity (Wildman–Crippen MR) is 210 cm³/mol. The number of piperazine rings is 1. The number of aromatic nitrogens is 1. The Bertz CT molecular complexity index is 2250. The molecular formula is C42H44F2N4O9. The number of methoxy groups -OCH3 is 5. The molecule has 1 aliphatic rings. The van der Waals surface area contributed by atoms with E-state index in [9.17, 15) is 9.59 Å². The quantitative estimate of drug-likeness (QED) is 0.0832. The van der Waals surface area contributed by atoms with Crippen LogP contribution >= 0.6 is 0 Å². The Hall–Kier alpha value is -6.35. The summed E-state index contributed by atoms with van der Waals surface area (Å²) in [5.74, 6) is -4.38. The number of carbonyl (C=O) groups excluding carboxylic acids is 2. The molecule has 0 aliphatic carbocycles. The Balaban J connectivity index is 1.43. The number of carbonyl (C=O) groups is 2. The minimum absolute atomic E-state index is 0.102. The average molecular weight is 787 g/mol. The van der Waals surface area contributed by atoms with E-state index in [-0.39, 0.29) is 30.3 Å². The van der Waals surface area contributed by atoms with Crippen LogP contribution in [0.3, 0.4) is 0 Å². The Labute approximate surface area is 328 Å². The SMILES string of the molecule is C=CC(=O)Nc1cc(N2CCN(CC)CC2)ccc1Cc1cc2c(OCc3cc(OC)c(OC)c(OC)c3)c(C(=O)c3c(F)c(OC)cc(OC)c3F)oc2cn1. The Morgan fingerprint density at radius 1 is 0.860 bits per heavy atom. The molecule has 0 bridgehead atoms. The van der Waals surface area contributed by atoms with E-state index in [1.165, 1.54) is 47.8 Å². The van der Waals surface area contributed by atoms with Gasteiger partial charge in [0.2, 0.25) is 23.2 Å². The molecule has 2 aromatic heterocycles. The van der Waals surface area contributed by atoms with Gasteiger partial charge in [-0.3, -0.25) is 14.6 Å². The second kappa shape index (κ2) is 17.6. The van der Waals surface area contributed by atoms with Crippen molar-refractivity contribution in [3.63, 3.8) is 0 Å². The molecule has 5 aromatic rings. The number of pyridine rings is 1. The van der Waals surface area contributed by atoms with E-state index < -0.39 is 40.2 Å². The highest BCUT2D eigenvalue weighted by atomic mass is 19.1. The van der Waals surface area contributed by atoms with Gasteiger partial charge in [0.15, 0.2) is 46.0 Å². The third-order valence-corrected chi connectivity index (χ3v) is 9.79. The van der Waals surface area contributed by atoms with Crippen molar-refractivity contribution >= 4 is 34.0 Å². The zero-order chi connectivity index (χ0) is 40.8. The number of hydrogen-bond acceptors (Lipinski definition) is 12. The molecule has 300 valence electrons. The third kappa shape index (κ3) is 8.28. The summed E-state index contributed by atoms with van der Waals surface area (Å²) in [6.45, 7) is 10.1. The van der Waals surface area contributed by atoms with E-state index in [1.807, 2.05) is 18.2 Å². The fourth-order valence-electron chi connectivity index (χ4n) is 6.72. The summed E-state index contributed by atoms with van der Waals surface area (Å²) in [7, 11) is 6.78. The third-order valence-electron chi connectivity index (χ3n) is 9.79. The number of nitrogens with one attached hydrogen (secondary N) is 1. The highest BCUT2D eigenvalue weighted by Gasteiger charge is 2.32. The zero-order valence-electron chi connectivity index (χ0n) is 32.6. The molecule has 3 aromatic carbocycles. The van der Waals surface area contributed by atoms with Gasteiger partial charge >= 0.3 is 0 Å². The van der Waals surface area contributed by atoms with Crippen molar-refractivity contribution in [2.24, 2.45) is 0 Å². The van der Waals surface area contributed by atoms with Gasteiger partial charge in [-0.15, -0.1) is 0 Å². The summed E-state index contributed by atoms with van der Waals surface area (Å²) >= 11 is 0. The minimum atomic E-state index is -1.25. The number of nitrogens with zero attached hydrogens (tertiary/aromatic N) is 3. The van der Waals surface area contributed by atoms with Crippen molar-refractivity contribution in [3.8, 4) is 34.5 Å². The van der Waals surface area contributed by atoms with Gasteiger partial charge in [0.1, 0.15) is 12.2 Å². The first-order chi connectivity index (χ1) is 27.6. The van der Waals surface area contributed by atoms with Gasteiger partial charge in [-0.25, -0.2) is 8.78 Å². The minimum Gasteiger partial charge on any atom is -0.494 e. The average Bonchev–Trinajstić information content (AvgIpc) is 3.60. The summed E-state index contributed by atoms with van der Waals surface area (Å²) in [6, 6.07) is 11.9. The van der Waals surface area contributed by atoms with Crippen molar-refractivity contribution in [1.29, 1.82) is 0 Å². The van der Waals surface area contributed by atoms with E-state index in [4.69, 9.17) is 32.8 Å². The maximum atomic E-state index is 15.7. The number of benzene rings is 3. The highest BCUT2D eigenvalue weighted by molar-refractivity contribution is 6.12. The number of ketones is 1. The van der Waals surface area contributed by atoms with Crippen LogP contribution in [-0.4, -0.2) is 89.8 Å². The van der Waals surface area contributed by atoms with Crippen LogP contribution in [0, 0.1) is 11.6 Å². The standard InChI is InChI=1S/C42H44F2N4O9/c1-8-35(49)46-29-20-27(48-14-12-47(9-2)13-15-48)11-10-25(29)18-26-19-28-34(22-45-26)57-42(39(50)36-37(43)30(51-3)21-31(52-4)38(36)44)40(28)56-23-24-16-32(53-5)41(55-7)33(17-24)54-6/h8,10-11,16-17,19-22H,1,9,12-15,18,23H2,2-7H3,(H,46,49). The van der Waals surface area contributed by atoms with Crippen LogP contribution in [0.5, 0.6) is 34.5 Å². The van der Waals surface area contributed by atoms with Crippen LogP contribution in [0.2, 0.25) is 0 Å². The van der Waals surface area contributed by atoms with Crippen LogP contribution in [0.1, 0.15) is 39.9 Å². The molecule has 0 spiro atoms. The van der Waals surface area contributed by atoms with E-state index in [2.05, 4.69) is 33.6 Å². The number of amides is 1. The van der Waals surface area contributed by atoms with Gasteiger partial charge in [0, 0.05) is 55.7 Å². The van der Waals surface area contributed by atoms with Crippen molar-refractivity contribution in [1.82, 2.24) is 9.88 Å². The van der Waals surface area contributed by atoms with Gasteiger partial charge < -0.3 is 48.0 Å². The van der Waals surface area contributed by atoms with Crippen LogP contribution in [-0.2, 0) is 17.8 Å². The molecule has 0 atom stereocenters. The first-order valence-corrected chi connectivity index (χ1v) is 18.1. The van der Waals surface area contributed by atoms with E-state index >= 15 is 8.78 Å². The van der Waals surface area contributed by atoms with Gasteiger partial charge in [-0.05, 0) is 54.1 Å². The van der Waals surface area contributed by atoms with Gasteiger partial charge in [0.25, 0.3) is 0 Å². The predicted octanol–water partition coefficient (Wildman–Crippen LogP) is 6.82. The number of hydrogen-bond donors (Lipinski definition) is 1. The van der Waals surface area contributed by atoms with Gasteiger partial charge in [-0.1, -0.05) is 19.6 Å². The number of furan rings is 1. The zero-order valence-corrected chi connectivity index (χ0v) is 32.6. The maximum Gasteiger partial charge on any atom is 0.247 e. The fourth-order valence-corrected chi connectivity index (χ4v) is 6.72. The van der Waals surface area contributed by atoms with E-state index in [1.54, 1.807) is 18.2 Å². The Morgan fingerprint density at radius 2 is 1.51 bits per heavy atom. The fraction of sp³-hybridized carbons (Fsp3) is 0.310. The van der Waals surface area contributed by atoms with Crippen LogP contribution in [0.25, 0.3) is 11.0 Å². The van der Waals surface area contributed by atoms with Crippen LogP contribution in [0.4, 0.5) is 20.2 Å². The first-order valence-electron chi connectivity index (χ1n) is 18.1. The smallest absolute Gasteiger partial charge is 0.247 e. The molecule has 0 radical (unpaired) electrons. The molecular weight excluding hydrogens is 742 g/mol. The number of halogens is 2. The van der Waals surface area contributed by atoms with Crippen LogP contribution in [0.15, 0.2) is 65.7 Å². The van der Waals surface area contributed by atoms with Crippen molar-refractivity contribution < 1.29 is 51.2 Å². The summed E-state index contributed by atoms with van der Waals surface area (Å²) in [5, 5.41) is 3.23. The first kappa shape index (κ1) is 40.3. The van der Waals surface area contributed by atoms with E-state index in [0.29, 0.717) is 39.6 Å². The topological polar surface area (TPSA) is 134 Å². The normalized spacial score (nSPS) is 12.9. The molecule has 57 heavy (non-hydrogen) atoms. The molecule has 13 nitrogen and oxygen atoms in total. The number of anilines is 2. The number of likely N-dealkylation sites (N-methyl/N-ethyl adjacent to an activating group) is 1. The lowest BCUT2D eigenvalue weighted by molar-refractivity contribution is -0.111. The highest BCUT2D eigenvalue weighted by Crippen LogP contribution is 2.41. The second-order valence-corrected chi connectivity index (χ2v) is 13.0. The molecule has 1 aliphatic heterocycles. The molecule has 0 saturated carbocycles. The summed E-state index contributed by atoms with van der Waals surface area (Å²) in [5.41, 5.74) is 2.50. The van der Waals surface area contributed by atoms with Gasteiger partial charge in [-0.2, -0.15) is 0 Å². The lowest BCUT2D eigenvalue weighted by Gasteiger charge is -2.35. The van der Waals surface area contributed by atoms with E-state index in [0.717, 1.165) is 50.0 Å². The second-order valence-electron chi connectivity index (χ2n) is 13.0. The molecule has 1 N–H and O–H groups in total. The van der Waals surface area contributed by atoms with Crippen LogP contribution < -0.4 is 38.6 Å². The molecule has 6 rings (SSSR count). The van der Waals surface area contributed by atoms with Gasteiger partial charge in [0.05, 0.1) is 47.1 Å². The monoisotopic (exact) mass is 786 g/mol. The largest absolute Gasteiger partial charge is 0.494 e. The number of rotatable bonds is 16. The molecule has 1 fully saturated rings. The number of ether oxygens (including phenoxy) is 6. The van der Waals surface area contributed by atoms with Crippen molar-refractivity contribution in [2.75, 3.05) is 78.5 Å². The Morgan fingerprint density at radius 3 is 2.09 bits per heavy atom. The summed E-state index contributed by atoms with van der Waals surface area (Å²) in [4.78, 5) is 36.0. The number of fused-ring (bicyclic) bond motifs is 1. The summed E-state index contributed by atoms with van der Waals surface area (Å²) < 4.78 is 70.2. The van der Waals surface area contributed by atoms with Crippen molar-refractivity contribution in [2.45, 2.75) is 20.0 Å². The maximum absolute atomic E-state index is 15.7.